The lowest BCUT2D eigenvalue weighted by atomic mass is 10.3. The topological polar surface area (TPSA) is 92.2 Å². The normalized spacial score (nSPS) is 10.2. The quantitative estimate of drug-likeness (QED) is 0.721. The van der Waals surface area contributed by atoms with Crippen molar-refractivity contribution in [3.8, 4) is 5.75 Å². The van der Waals surface area contributed by atoms with E-state index in [0.717, 1.165) is 11.4 Å². The van der Waals surface area contributed by atoms with Crippen molar-refractivity contribution in [2.24, 2.45) is 0 Å². The number of rotatable bonds is 7. The molecule has 1 heterocycles. The minimum atomic E-state index is -0.0229. The summed E-state index contributed by atoms with van der Waals surface area (Å²) < 4.78 is 5.37. The van der Waals surface area contributed by atoms with Gasteiger partial charge in [-0.1, -0.05) is 0 Å². The molecule has 0 aliphatic carbocycles. The molecule has 7 nitrogen and oxygen atoms in total. The molecule has 21 heavy (non-hydrogen) atoms. The lowest BCUT2D eigenvalue weighted by molar-refractivity contribution is 0.311. The smallest absolute Gasteiger partial charge is 0.233 e. The Hall–Kier alpha value is -2.12. The van der Waals surface area contributed by atoms with E-state index in [1.807, 2.05) is 31.2 Å². The van der Waals surface area contributed by atoms with Gasteiger partial charge in [-0.05, 0) is 42.8 Å². The van der Waals surface area contributed by atoms with Crippen LogP contribution in [0.4, 0.5) is 17.6 Å². The molecule has 0 spiro atoms. The minimum Gasteiger partial charge on any atom is -0.494 e. The Kier molecular flexibility index (Phi) is 5.53. The maximum Gasteiger partial charge on any atom is 0.233 e. The molecular formula is C13H16ClN5O2. The Morgan fingerprint density at radius 3 is 2.52 bits per heavy atom. The molecule has 1 aromatic carbocycles. The molecule has 0 atom stereocenters. The van der Waals surface area contributed by atoms with Gasteiger partial charge < -0.3 is 20.5 Å². The van der Waals surface area contributed by atoms with Crippen molar-refractivity contribution in [1.29, 1.82) is 0 Å². The molecule has 0 aliphatic heterocycles. The van der Waals surface area contributed by atoms with Gasteiger partial charge in [0.1, 0.15) is 5.75 Å². The molecule has 8 heteroatoms. The van der Waals surface area contributed by atoms with Crippen molar-refractivity contribution < 1.29 is 9.84 Å². The summed E-state index contributed by atoms with van der Waals surface area (Å²) in [6.45, 7) is 2.86. The third-order valence-corrected chi connectivity index (χ3v) is 2.59. The monoisotopic (exact) mass is 309 g/mol. The number of aromatic nitrogens is 3. The van der Waals surface area contributed by atoms with Crippen LogP contribution in [-0.4, -0.2) is 39.8 Å². The molecule has 0 radical (unpaired) electrons. The van der Waals surface area contributed by atoms with Crippen molar-refractivity contribution in [2.45, 2.75) is 6.92 Å². The second kappa shape index (κ2) is 7.61. The Morgan fingerprint density at radius 2 is 1.86 bits per heavy atom. The number of nitrogens with zero attached hydrogens (tertiary/aromatic N) is 3. The second-order valence-electron chi connectivity index (χ2n) is 3.98. The first-order valence-electron chi connectivity index (χ1n) is 6.47. The van der Waals surface area contributed by atoms with Gasteiger partial charge in [0.15, 0.2) is 0 Å². The number of aliphatic hydroxyl groups excluding tert-OH is 1. The number of aliphatic hydroxyl groups is 1. The van der Waals surface area contributed by atoms with Crippen LogP contribution in [-0.2, 0) is 0 Å². The van der Waals surface area contributed by atoms with Crippen LogP contribution in [0, 0.1) is 0 Å². The number of halogens is 1. The van der Waals surface area contributed by atoms with Crippen LogP contribution in [0.15, 0.2) is 24.3 Å². The van der Waals surface area contributed by atoms with Gasteiger partial charge in [-0.15, -0.1) is 0 Å². The Morgan fingerprint density at radius 1 is 1.14 bits per heavy atom. The predicted molar refractivity (Wildman–Crippen MR) is 81.3 cm³/mol. The highest BCUT2D eigenvalue weighted by Gasteiger charge is 2.05. The van der Waals surface area contributed by atoms with Crippen LogP contribution in [0.1, 0.15) is 6.92 Å². The third kappa shape index (κ3) is 4.73. The maximum atomic E-state index is 8.78. The van der Waals surface area contributed by atoms with E-state index in [1.165, 1.54) is 0 Å². The molecule has 2 rings (SSSR count). The van der Waals surface area contributed by atoms with Crippen molar-refractivity contribution in [3.63, 3.8) is 0 Å². The predicted octanol–water partition coefficient (Wildman–Crippen LogP) is 2.07. The molecule has 1 aromatic heterocycles. The first kappa shape index (κ1) is 15.3. The Bertz CT molecular complexity index is 579. The second-order valence-corrected chi connectivity index (χ2v) is 4.32. The van der Waals surface area contributed by atoms with Crippen LogP contribution in [0.25, 0.3) is 0 Å². The fourth-order valence-electron chi connectivity index (χ4n) is 1.58. The molecule has 0 saturated carbocycles. The SMILES string of the molecule is CCOc1ccc(Nc2nc(Cl)nc(NCCO)n2)cc1. The maximum absolute atomic E-state index is 8.78. The molecule has 2 aromatic rings. The summed E-state index contributed by atoms with van der Waals surface area (Å²) >= 11 is 5.84. The molecule has 0 aliphatic rings. The first-order chi connectivity index (χ1) is 10.2. The van der Waals surface area contributed by atoms with E-state index in [9.17, 15) is 0 Å². The van der Waals surface area contributed by atoms with Gasteiger partial charge in [-0.25, -0.2) is 0 Å². The molecule has 0 saturated heterocycles. The summed E-state index contributed by atoms with van der Waals surface area (Å²) in [6, 6.07) is 7.39. The number of benzene rings is 1. The van der Waals surface area contributed by atoms with Crippen molar-refractivity contribution in [1.82, 2.24) is 15.0 Å². The van der Waals surface area contributed by atoms with E-state index in [4.69, 9.17) is 21.4 Å². The summed E-state index contributed by atoms with van der Waals surface area (Å²) in [5.74, 6) is 1.42. The molecule has 0 unspecified atom stereocenters. The lowest BCUT2D eigenvalue weighted by Crippen LogP contribution is -2.10. The molecule has 112 valence electrons. The Labute approximate surface area is 127 Å². The van der Waals surface area contributed by atoms with E-state index in [1.54, 1.807) is 0 Å². The van der Waals surface area contributed by atoms with Gasteiger partial charge in [0.2, 0.25) is 17.2 Å². The fourth-order valence-corrected chi connectivity index (χ4v) is 1.74. The van der Waals surface area contributed by atoms with E-state index in [-0.39, 0.29) is 11.9 Å². The minimum absolute atomic E-state index is 0.0229. The molecule has 0 fully saturated rings. The molecule has 3 N–H and O–H groups in total. The van der Waals surface area contributed by atoms with Crippen molar-refractivity contribution in [3.05, 3.63) is 29.5 Å². The summed E-state index contributed by atoms with van der Waals surface area (Å²) in [5, 5.41) is 14.7. The van der Waals surface area contributed by atoms with Gasteiger partial charge in [0, 0.05) is 12.2 Å². The number of ether oxygens (including phenoxy) is 1. The van der Waals surface area contributed by atoms with Crippen LogP contribution >= 0.6 is 11.6 Å². The standard InChI is InChI=1S/C13H16ClN5O2/c1-2-21-10-5-3-9(4-6-10)16-13-18-11(14)17-12(19-13)15-7-8-20/h3-6,20H,2,7-8H2,1H3,(H2,15,16,17,18,19). The van der Waals surface area contributed by atoms with Crippen molar-refractivity contribution >= 4 is 29.2 Å². The fraction of sp³-hybridized carbons (Fsp3) is 0.308. The average molecular weight is 310 g/mol. The zero-order valence-corrected chi connectivity index (χ0v) is 12.3. The lowest BCUT2D eigenvalue weighted by Gasteiger charge is -2.08. The molecule has 0 bridgehead atoms. The third-order valence-electron chi connectivity index (χ3n) is 2.42. The molecule has 0 amide bonds. The molecular weight excluding hydrogens is 294 g/mol. The van der Waals surface area contributed by atoms with E-state index >= 15 is 0 Å². The van der Waals surface area contributed by atoms with Gasteiger partial charge in [0.25, 0.3) is 0 Å². The van der Waals surface area contributed by atoms with Crippen LogP contribution in [0.2, 0.25) is 5.28 Å². The number of anilines is 3. The largest absolute Gasteiger partial charge is 0.494 e. The zero-order valence-electron chi connectivity index (χ0n) is 11.5. The van der Waals surface area contributed by atoms with Crippen molar-refractivity contribution in [2.75, 3.05) is 30.4 Å². The Balaban J connectivity index is 2.09. The first-order valence-corrected chi connectivity index (χ1v) is 6.85. The summed E-state index contributed by atoms with van der Waals surface area (Å²) in [6.07, 6.45) is 0. The highest BCUT2D eigenvalue weighted by molar-refractivity contribution is 6.28. The van der Waals surface area contributed by atoms with Crippen LogP contribution in [0.5, 0.6) is 5.75 Å². The summed E-state index contributed by atoms with van der Waals surface area (Å²) in [4.78, 5) is 12.1. The zero-order chi connectivity index (χ0) is 15.1. The van der Waals surface area contributed by atoms with E-state index < -0.39 is 0 Å². The van der Waals surface area contributed by atoms with Crippen LogP contribution in [0.3, 0.4) is 0 Å². The van der Waals surface area contributed by atoms with E-state index in [2.05, 4.69) is 25.6 Å². The number of hydrogen-bond acceptors (Lipinski definition) is 7. The average Bonchev–Trinajstić information content (AvgIpc) is 2.47. The number of nitrogens with one attached hydrogen (secondary N) is 2. The number of hydrogen-bond donors (Lipinski definition) is 3. The van der Waals surface area contributed by atoms with E-state index in [0.29, 0.717) is 25.0 Å². The van der Waals surface area contributed by atoms with Crippen LogP contribution < -0.4 is 15.4 Å². The highest BCUT2D eigenvalue weighted by Crippen LogP contribution is 2.19. The van der Waals surface area contributed by atoms with Gasteiger partial charge in [-0.3, -0.25) is 0 Å². The highest BCUT2D eigenvalue weighted by atomic mass is 35.5. The van der Waals surface area contributed by atoms with Gasteiger partial charge >= 0.3 is 0 Å². The summed E-state index contributed by atoms with van der Waals surface area (Å²) in [5.41, 5.74) is 0.800. The summed E-state index contributed by atoms with van der Waals surface area (Å²) in [7, 11) is 0. The van der Waals surface area contributed by atoms with Gasteiger partial charge in [-0.2, -0.15) is 15.0 Å². The van der Waals surface area contributed by atoms with Gasteiger partial charge in [0.05, 0.1) is 13.2 Å².